The molecule has 2 aromatic carbocycles. The zero-order valence-electron chi connectivity index (χ0n) is 18.1. The van der Waals surface area contributed by atoms with E-state index in [4.69, 9.17) is 13.9 Å². The van der Waals surface area contributed by atoms with Crippen LogP contribution in [0, 0.1) is 6.92 Å². The van der Waals surface area contributed by atoms with Crippen molar-refractivity contribution in [3.8, 4) is 11.5 Å². The molecule has 1 N–H and O–H groups in total. The van der Waals surface area contributed by atoms with Crippen LogP contribution in [0.5, 0.6) is 11.5 Å². The highest BCUT2D eigenvalue weighted by Crippen LogP contribution is 2.19. The molecule has 0 aliphatic carbocycles. The van der Waals surface area contributed by atoms with E-state index in [1.807, 2.05) is 49.5 Å². The number of hydrogen-bond acceptors (Lipinski definition) is 5. The van der Waals surface area contributed by atoms with Crippen molar-refractivity contribution in [3.05, 3.63) is 95.6 Å². The van der Waals surface area contributed by atoms with Crippen molar-refractivity contribution in [3.63, 3.8) is 0 Å². The molecule has 2 aromatic heterocycles. The van der Waals surface area contributed by atoms with Crippen molar-refractivity contribution in [2.45, 2.75) is 27.0 Å². The Hall–Kier alpha value is -4.00. The Morgan fingerprint density at radius 2 is 1.75 bits per heavy atom. The van der Waals surface area contributed by atoms with Crippen LogP contribution in [0.15, 0.2) is 77.3 Å². The van der Waals surface area contributed by atoms with Crippen LogP contribution < -0.4 is 14.8 Å². The summed E-state index contributed by atoms with van der Waals surface area (Å²) in [5.41, 5.74) is 2.38. The number of benzene rings is 2. The molecule has 0 bridgehead atoms. The lowest BCUT2D eigenvalue weighted by atomic mass is 10.1. The molecule has 7 nitrogen and oxygen atoms in total. The standard InChI is InChI=1S/C25H25N3O4/c1-3-30-20-8-10-21(11-9-20)31-17-22-12-13-23(32-22)25(29)26-24-14-15-28(27-24)16-19-7-5-4-6-18(19)2/h4-15H,3,16-17H2,1-2H3,(H,26,27,29). The van der Waals surface area contributed by atoms with Gasteiger partial charge in [0.1, 0.15) is 23.9 Å². The van der Waals surface area contributed by atoms with Gasteiger partial charge >= 0.3 is 0 Å². The first kappa shape index (κ1) is 21.2. The van der Waals surface area contributed by atoms with E-state index in [1.54, 1.807) is 22.9 Å². The lowest BCUT2D eigenvalue weighted by molar-refractivity contribution is 0.0992. The van der Waals surface area contributed by atoms with Gasteiger partial charge in [-0.1, -0.05) is 24.3 Å². The van der Waals surface area contributed by atoms with Crippen LogP contribution in [0.1, 0.15) is 34.4 Å². The van der Waals surface area contributed by atoms with Crippen LogP contribution >= 0.6 is 0 Å². The van der Waals surface area contributed by atoms with Crippen LogP contribution in [0.25, 0.3) is 0 Å². The Morgan fingerprint density at radius 1 is 1.00 bits per heavy atom. The summed E-state index contributed by atoms with van der Waals surface area (Å²) < 4.78 is 18.5. The number of carbonyl (C=O) groups excluding carboxylic acids is 1. The third kappa shape index (κ3) is 5.37. The maximum atomic E-state index is 12.5. The molecule has 32 heavy (non-hydrogen) atoms. The van der Waals surface area contributed by atoms with Gasteiger partial charge in [0, 0.05) is 12.3 Å². The lowest BCUT2D eigenvalue weighted by Gasteiger charge is -2.06. The van der Waals surface area contributed by atoms with Gasteiger partial charge in [0.05, 0.1) is 13.2 Å². The van der Waals surface area contributed by atoms with E-state index in [-0.39, 0.29) is 18.3 Å². The fourth-order valence-electron chi connectivity index (χ4n) is 3.19. The summed E-state index contributed by atoms with van der Waals surface area (Å²) in [5, 5.41) is 7.19. The van der Waals surface area contributed by atoms with Gasteiger partial charge in [-0.2, -0.15) is 5.10 Å². The first-order chi connectivity index (χ1) is 15.6. The van der Waals surface area contributed by atoms with Gasteiger partial charge in [-0.15, -0.1) is 0 Å². The molecule has 0 atom stereocenters. The smallest absolute Gasteiger partial charge is 0.292 e. The summed E-state index contributed by atoms with van der Waals surface area (Å²) in [4.78, 5) is 12.5. The molecule has 0 unspecified atom stereocenters. The van der Waals surface area contributed by atoms with Crippen molar-refractivity contribution in [1.29, 1.82) is 0 Å². The van der Waals surface area contributed by atoms with Gasteiger partial charge in [-0.3, -0.25) is 9.48 Å². The highest BCUT2D eigenvalue weighted by atomic mass is 16.5. The average Bonchev–Trinajstić information content (AvgIpc) is 3.45. The molecule has 0 radical (unpaired) electrons. The Balaban J connectivity index is 1.31. The minimum atomic E-state index is -0.363. The lowest BCUT2D eigenvalue weighted by Crippen LogP contribution is -2.12. The predicted molar refractivity (Wildman–Crippen MR) is 121 cm³/mol. The number of aryl methyl sites for hydroxylation is 1. The van der Waals surface area contributed by atoms with E-state index in [0.29, 0.717) is 30.5 Å². The zero-order chi connectivity index (χ0) is 22.3. The van der Waals surface area contributed by atoms with Crippen molar-refractivity contribution >= 4 is 11.7 Å². The Kier molecular flexibility index (Phi) is 6.55. The third-order valence-electron chi connectivity index (χ3n) is 4.88. The number of nitrogens with one attached hydrogen (secondary N) is 1. The Labute approximate surface area is 186 Å². The summed E-state index contributed by atoms with van der Waals surface area (Å²) in [6.45, 7) is 5.47. The summed E-state index contributed by atoms with van der Waals surface area (Å²) in [7, 11) is 0. The predicted octanol–water partition coefficient (Wildman–Crippen LogP) is 5.06. The molecular formula is C25H25N3O4. The van der Waals surface area contributed by atoms with Crippen LogP contribution in [-0.2, 0) is 13.2 Å². The normalized spacial score (nSPS) is 10.7. The van der Waals surface area contributed by atoms with Crippen molar-refractivity contribution in [1.82, 2.24) is 9.78 Å². The zero-order valence-corrected chi connectivity index (χ0v) is 18.1. The van der Waals surface area contributed by atoms with Gasteiger partial charge in [0.2, 0.25) is 0 Å². The van der Waals surface area contributed by atoms with Gasteiger partial charge in [-0.25, -0.2) is 0 Å². The maximum absolute atomic E-state index is 12.5. The van der Waals surface area contributed by atoms with E-state index in [1.165, 1.54) is 11.1 Å². The molecule has 7 heteroatoms. The van der Waals surface area contributed by atoms with Gasteiger partial charge in [-0.05, 0) is 61.4 Å². The SMILES string of the molecule is CCOc1ccc(OCc2ccc(C(=O)Nc3ccn(Cc4ccccc4C)n3)o2)cc1. The number of aromatic nitrogens is 2. The molecular weight excluding hydrogens is 406 g/mol. The van der Waals surface area contributed by atoms with Crippen LogP contribution in [-0.4, -0.2) is 22.3 Å². The molecule has 4 rings (SSSR count). The molecule has 0 fully saturated rings. The monoisotopic (exact) mass is 431 g/mol. The molecule has 1 amide bonds. The van der Waals surface area contributed by atoms with Gasteiger partial charge < -0.3 is 19.2 Å². The highest BCUT2D eigenvalue weighted by molar-refractivity contribution is 6.01. The summed E-state index contributed by atoms with van der Waals surface area (Å²) >= 11 is 0. The second kappa shape index (κ2) is 9.87. The Morgan fingerprint density at radius 3 is 2.50 bits per heavy atom. The van der Waals surface area contributed by atoms with E-state index >= 15 is 0 Å². The molecule has 2 heterocycles. The molecule has 0 saturated carbocycles. The fourth-order valence-corrected chi connectivity index (χ4v) is 3.19. The minimum Gasteiger partial charge on any atom is -0.494 e. The molecule has 0 aliphatic heterocycles. The number of rotatable bonds is 9. The number of hydrogen-bond donors (Lipinski definition) is 1. The molecule has 0 spiro atoms. The number of anilines is 1. The van der Waals surface area contributed by atoms with E-state index in [0.717, 1.165) is 5.75 Å². The summed E-state index contributed by atoms with van der Waals surface area (Å²) in [6.07, 6.45) is 1.83. The Bertz CT molecular complexity index is 1180. The van der Waals surface area contributed by atoms with Crippen LogP contribution in [0.2, 0.25) is 0 Å². The highest BCUT2D eigenvalue weighted by Gasteiger charge is 2.13. The quantitative estimate of drug-likeness (QED) is 0.401. The molecule has 0 saturated heterocycles. The molecule has 4 aromatic rings. The number of amides is 1. The van der Waals surface area contributed by atoms with E-state index in [2.05, 4.69) is 29.5 Å². The van der Waals surface area contributed by atoms with Crippen molar-refractivity contribution in [2.75, 3.05) is 11.9 Å². The fraction of sp³-hybridized carbons (Fsp3) is 0.200. The van der Waals surface area contributed by atoms with Crippen molar-refractivity contribution < 1.29 is 18.7 Å². The number of carbonyl (C=O) groups is 1. The second-order valence-electron chi connectivity index (χ2n) is 7.24. The van der Waals surface area contributed by atoms with Crippen LogP contribution in [0.3, 0.4) is 0 Å². The third-order valence-corrected chi connectivity index (χ3v) is 4.88. The summed E-state index contributed by atoms with van der Waals surface area (Å²) in [6, 6.07) is 20.6. The van der Waals surface area contributed by atoms with Gasteiger partial charge in [0.25, 0.3) is 5.91 Å². The number of ether oxygens (including phenoxy) is 2. The minimum absolute atomic E-state index is 0.198. The average molecular weight is 431 g/mol. The first-order valence-corrected chi connectivity index (χ1v) is 10.4. The van der Waals surface area contributed by atoms with Crippen LogP contribution in [0.4, 0.5) is 5.82 Å². The molecule has 0 aliphatic rings. The first-order valence-electron chi connectivity index (χ1n) is 10.4. The summed E-state index contributed by atoms with van der Waals surface area (Å²) in [5.74, 6) is 2.33. The largest absolute Gasteiger partial charge is 0.494 e. The number of nitrogens with zero attached hydrogens (tertiary/aromatic N) is 2. The topological polar surface area (TPSA) is 78.5 Å². The molecule has 164 valence electrons. The van der Waals surface area contributed by atoms with E-state index < -0.39 is 0 Å². The maximum Gasteiger partial charge on any atom is 0.292 e. The second-order valence-corrected chi connectivity index (χ2v) is 7.24. The van der Waals surface area contributed by atoms with Gasteiger partial charge in [0.15, 0.2) is 11.6 Å². The van der Waals surface area contributed by atoms with E-state index in [9.17, 15) is 4.79 Å². The number of furan rings is 1. The van der Waals surface area contributed by atoms with Crippen molar-refractivity contribution in [2.24, 2.45) is 0 Å².